The first-order valence-electron chi connectivity index (χ1n) is 8.92. The Kier molecular flexibility index (Phi) is 5.07. The molecule has 1 amide bonds. The summed E-state index contributed by atoms with van der Waals surface area (Å²) >= 11 is 0. The summed E-state index contributed by atoms with van der Waals surface area (Å²) in [6, 6.07) is 7.73. The van der Waals surface area contributed by atoms with Crippen molar-refractivity contribution in [1.29, 1.82) is 0 Å². The molecule has 2 fully saturated rings. The zero-order valence-electron chi connectivity index (χ0n) is 14.8. The molecule has 0 unspecified atom stereocenters. The number of hydrogen-bond donors (Lipinski definition) is 2. The average Bonchev–Trinajstić information content (AvgIpc) is 3.25. The van der Waals surface area contributed by atoms with Crippen molar-refractivity contribution in [1.82, 2.24) is 15.5 Å². The van der Waals surface area contributed by atoms with Crippen molar-refractivity contribution in [3.05, 3.63) is 35.4 Å². The molecule has 5 heteroatoms. The second kappa shape index (κ2) is 7.24. The first-order chi connectivity index (χ1) is 11.7. The van der Waals surface area contributed by atoms with E-state index in [4.69, 9.17) is 0 Å². The molecule has 2 N–H and O–H groups in total. The van der Waals surface area contributed by atoms with Crippen molar-refractivity contribution in [2.75, 3.05) is 27.2 Å². The molecule has 1 aliphatic heterocycles. The molecule has 2 aliphatic rings. The van der Waals surface area contributed by atoms with E-state index in [1.807, 2.05) is 31.3 Å². The maximum Gasteiger partial charge on any atom is 0.251 e. The van der Waals surface area contributed by atoms with Crippen molar-refractivity contribution in [3.8, 4) is 0 Å². The Hall–Kier alpha value is -2.04. The first kappa shape index (κ1) is 16.8. The average molecular weight is 328 g/mol. The molecule has 1 saturated carbocycles. The van der Waals surface area contributed by atoms with Gasteiger partial charge in [0.05, 0.1) is 0 Å². The highest BCUT2D eigenvalue weighted by atomic mass is 16.1. The van der Waals surface area contributed by atoms with Crippen LogP contribution in [0.4, 0.5) is 0 Å². The molecule has 1 aromatic rings. The van der Waals surface area contributed by atoms with Crippen LogP contribution in [-0.2, 0) is 6.54 Å². The lowest BCUT2D eigenvalue weighted by Crippen LogP contribution is -2.40. The number of likely N-dealkylation sites (tertiary alicyclic amines) is 1. The van der Waals surface area contributed by atoms with Gasteiger partial charge in [0, 0.05) is 39.3 Å². The van der Waals surface area contributed by atoms with E-state index in [9.17, 15) is 4.79 Å². The quantitative estimate of drug-likeness (QED) is 0.662. The molecule has 130 valence electrons. The molecule has 3 rings (SSSR count). The van der Waals surface area contributed by atoms with Gasteiger partial charge in [-0.25, -0.2) is 0 Å². The zero-order chi connectivity index (χ0) is 17.0. The van der Waals surface area contributed by atoms with Crippen LogP contribution >= 0.6 is 0 Å². The van der Waals surface area contributed by atoms with Crippen LogP contribution in [0.25, 0.3) is 0 Å². The fourth-order valence-electron chi connectivity index (χ4n) is 4.13. The smallest absolute Gasteiger partial charge is 0.251 e. The van der Waals surface area contributed by atoms with Crippen LogP contribution in [0.5, 0.6) is 0 Å². The lowest BCUT2D eigenvalue weighted by Gasteiger charge is -2.26. The third kappa shape index (κ3) is 3.55. The summed E-state index contributed by atoms with van der Waals surface area (Å²) in [5.74, 6) is 0.924. The number of guanidine groups is 1. The van der Waals surface area contributed by atoms with Crippen LogP contribution in [0.2, 0.25) is 0 Å². The molecule has 0 aromatic heterocycles. The summed E-state index contributed by atoms with van der Waals surface area (Å²) in [7, 11) is 3.50. The van der Waals surface area contributed by atoms with E-state index in [1.54, 1.807) is 7.05 Å². The Bertz CT molecular complexity index is 620. The summed E-state index contributed by atoms with van der Waals surface area (Å²) in [6.45, 7) is 2.91. The van der Waals surface area contributed by atoms with E-state index >= 15 is 0 Å². The van der Waals surface area contributed by atoms with E-state index in [1.165, 1.54) is 32.1 Å². The number of amides is 1. The lowest BCUT2D eigenvalue weighted by molar-refractivity contribution is 0.0963. The number of hydrogen-bond acceptors (Lipinski definition) is 2. The van der Waals surface area contributed by atoms with Crippen molar-refractivity contribution in [2.45, 2.75) is 38.6 Å². The summed E-state index contributed by atoms with van der Waals surface area (Å²) in [6.07, 6.45) is 6.79. The molecule has 5 nitrogen and oxygen atoms in total. The van der Waals surface area contributed by atoms with Gasteiger partial charge in [-0.05, 0) is 42.4 Å². The van der Waals surface area contributed by atoms with Gasteiger partial charge in [0.15, 0.2) is 5.96 Å². The minimum atomic E-state index is -0.0519. The fraction of sp³-hybridized carbons (Fsp3) is 0.579. The number of carbonyl (C=O) groups is 1. The van der Waals surface area contributed by atoms with Gasteiger partial charge in [-0.3, -0.25) is 9.79 Å². The molecule has 1 aromatic carbocycles. The molecule has 0 atom stereocenters. The predicted molar refractivity (Wildman–Crippen MR) is 97.1 cm³/mol. The Morgan fingerprint density at radius 2 is 2.08 bits per heavy atom. The molecule has 1 aliphatic carbocycles. The van der Waals surface area contributed by atoms with E-state index in [0.29, 0.717) is 17.5 Å². The second-order valence-corrected chi connectivity index (χ2v) is 7.06. The van der Waals surface area contributed by atoms with E-state index in [0.717, 1.165) is 24.6 Å². The van der Waals surface area contributed by atoms with Crippen LogP contribution in [0.3, 0.4) is 0 Å². The van der Waals surface area contributed by atoms with Gasteiger partial charge >= 0.3 is 0 Å². The highest BCUT2D eigenvalue weighted by Crippen LogP contribution is 2.45. The topological polar surface area (TPSA) is 56.7 Å². The van der Waals surface area contributed by atoms with Crippen LogP contribution in [0, 0.1) is 5.41 Å². The van der Waals surface area contributed by atoms with Gasteiger partial charge in [-0.2, -0.15) is 0 Å². The number of nitrogens with zero attached hydrogens (tertiary/aromatic N) is 2. The number of rotatable bonds is 3. The molecular formula is C19H28N4O. The van der Waals surface area contributed by atoms with Crippen molar-refractivity contribution < 1.29 is 4.79 Å². The summed E-state index contributed by atoms with van der Waals surface area (Å²) in [5, 5.41) is 6.13. The van der Waals surface area contributed by atoms with Crippen LogP contribution in [0.1, 0.15) is 48.0 Å². The number of carbonyl (C=O) groups excluding carboxylic acids is 1. The second-order valence-electron chi connectivity index (χ2n) is 7.06. The number of benzene rings is 1. The predicted octanol–water partition coefficient (Wildman–Crippen LogP) is 2.39. The van der Waals surface area contributed by atoms with Gasteiger partial charge in [-0.1, -0.05) is 25.0 Å². The Balaban J connectivity index is 1.60. The number of aliphatic imine (C=N–C) groups is 1. The van der Waals surface area contributed by atoms with E-state index in [-0.39, 0.29) is 5.91 Å². The van der Waals surface area contributed by atoms with Crippen LogP contribution in [-0.4, -0.2) is 44.0 Å². The third-order valence-electron chi connectivity index (χ3n) is 5.48. The van der Waals surface area contributed by atoms with Crippen molar-refractivity contribution in [2.24, 2.45) is 10.4 Å². The maximum atomic E-state index is 11.7. The van der Waals surface area contributed by atoms with Gasteiger partial charge in [0.2, 0.25) is 0 Å². The molecule has 0 bridgehead atoms. The molecule has 1 heterocycles. The SMILES string of the molecule is CN=C(NCc1cccc(C(=O)NC)c1)N1CCC2(CCCC2)C1. The molecule has 1 saturated heterocycles. The molecule has 1 spiro atoms. The lowest BCUT2D eigenvalue weighted by atomic mass is 9.86. The minimum Gasteiger partial charge on any atom is -0.355 e. The monoisotopic (exact) mass is 328 g/mol. The highest BCUT2D eigenvalue weighted by Gasteiger charge is 2.41. The van der Waals surface area contributed by atoms with E-state index in [2.05, 4.69) is 20.5 Å². The standard InChI is InChI=1S/C19H28N4O/c1-20-17(24)16-7-5-6-15(12-16)13-22-18(21-2)23-11-10-19(14-23)8-3-4-9-19/h5-7,12H,3-4,8-11,13-14H2,1-2H3,(H,20,24)(H,21,22). The molecule has 0 radical (unpaired) electrons. The third-order valence-corrected chi connectivity index (χ3v) is 5.48. The Morgan fingerprint density at radius 1 is 1.29 bits per heavy atom. The van der Waals surface area contributed by atoms with Crippen LogP contribution in [0.15, 0.2) is 29.3 Å². The minimum absolute atomic E-state index is 0.0519. The van der Waals surface area contributed by atoms with Gasteiger partial charge in [-0.15, -0.1) is 0 Å². The summed E-state index contributed by atoms with van der Waals surface area (Å²) in [5.41, 5.74) is 2.32. The van der Waals surface area contributed by atoms with Crippen molar-refractivity contribution >= 4 is 11.9 Å². The highest BCUT2D eigenvalue weighted by molar-refractivity contribution is 5.94. The largest absolute Gasteiger partial charge is 0.355 e. The Labute approximate surface area is 144 Å². The summed E-state index contributed by atoms with van der Waals surface area (Å²) < 4.78 is 0. The fourth-order valence-corrected chi connectivity index (χ4v) is 4.13. The normalized spacial score (nSPS) is 19.8. The van der Waals surface area contributed by atoms with E-state index < -0.39 is 0 Å². The molecule has 24 heavy (non-hydrogen) atoms. The summed E-state index contributed by atoms with van der Waals surface area (Å²) in [4.78, 5) is 18.6. The number of nitrogens with one attached hydrogen (secondary N) is 2. The Morgan fingerprint density at radius 3 is 2.79 bits per heavy atom. The van der Waals surface area contributed by atoms with Gasteiger partial charge in [0.1, 0.15) is 0 Å². The van der Waals surface area contributed by atoms with Crippen LogP contribution < -0.4 is 10.6 Å². The maximum absolute atomic E-state index is 11.7. The molecular weight excluding hydrogens is 300 g/mol. The zero-order valence-corrected chi connectivity index (χ0v) is 14.8. The first-order valence-corrected chi connectivity index (χ1v) is 8.92. The van der Waals surface area contributed by atoms with Crippen molar-refractivity contribution in [3.63, 3.8) is 0 Å². The van der Waals surface area contributed by atoms with Gasteiger partial charge in [0.25, 0.3) is 5.91 Å². The van der Waals surface area contributed by atoms with Gasteiger partial charge < -0.3 is 15.5 Å².